The normalized spacial score (nSPS) is 18.2. The van der Waals surface area contributed by atoms with Crippen LogP contribution in [0.15, 0.2) is 52.7 Å². The fraction of sp³-hybridized carbons (Fsp3) is 0.348. The van der Waals surface area contributed by atoms with E-state index in [2.05, 4.69) is 43.1 Å². The molecular weight excluding hydrogens is 382 g/mol. The third-order valence-electron chi connectivity index (χ3n) is 4.84. The fourth-order valence-electron chi connectivity index (χ4n) is 3.20. The summed E-state index contributed by atoms with van der Waals surface area (Å²) in [6.07, 6.45) is 3.55. The molecule has 1 aliphatic heterocycles. The minimum atomic E-state index is -0.0895. The lowest BCUT2D eigenvalue weighted by atomic mass is 10.1. The molecule has 29 heavy (non-hydrogen) atoms. The Morgan fingerprint density at radius 1 is 1.17 bits per heavy atom. The summed E-state index contributed by atoms with van der Waals surface area (Å²) in [6, 6.07) is 14.0. The first-order valence-electron chi connectivity index (χ1n) is 9.81. The number of carbonyl (C=O) groups is 1. The van der Waals surface area contributed by atoms with Crippen LogP contribution in [0.25, 0.3) is 0 Å². The van der Waals surface area contributed by atoms with Gasteiger partial charge in [-0.05, 0) is 49.1 Å². The number of ether oxygens (including phenoxy) is 1. The highest BCUT2D eigenvalue weighted by Crippen LogP contribution is 2.32. The third-order valence-corrected chi connectivity index (χ3v) is 6.07. The molecule has 3 rings (SSSR count). The van der Waals surface area contributed by atoms with Gasteiger partial charge in [-0.15, -0.1) is 5.10 Å². The van der Waals surface area contributed by atoms with E-state index in [1.807, 2.05) is 30.3 Å². The molecule has 2 aromatic rings. The standard InChI is InChI=1S/C23H27N3O2S/c1-5-6-21-22(27)26(15-18-8-11-20(28-4)12-9-18)23(29-21)25-24-14-19-10-7-16(2)13-17(19)3/h7-14,21H,5-6,15H2,1-4H3. The van der Waals surface area contributed by atoms with Gasteiger partial charge in [0, 0.05) is 0 Å². The van der Waals surface area contributed by atoms with Crippen molar-refractivity contribution in [3.8, 4) is 5.75 Å². The van der Waals surface area contributed by atoms with E-state index in [0.717, 1.165) is 35.3 Å². The highest BCUT2D eigenvalue weighted by Gasteiger charge is 2.37. The molecule has 0 spiro atoms. The largest absolute Gasteiger partial charge is 0.497 e. The minimum absolute atomic E-state index is 0.0895. The van der Waals surface area contributed by atoms with Crippen molar-refractivity contribution in [1.29, 1.82) is 0 Å². The highest BCUT2D eigenvalue weighted by atomic mass is 32.2. The number of carbonyl (C=O) groups excluding carboxylic acids is 1. The van der Waals surface area contributed by atoms with Gasteiger partial charge < -0.3 is 4.74 Å². The molecule has 0 aromatic heterocycles. The number of aryl methyl sites for hydroxylation is 2. The van der Waals surface area contributed by atoms with Gasteiger partial charge in [0.1, 0.15) is 5.75 Å². The van der Waals surface area contributed by atoms with Crippen molar-refractivity contribution < 1.29 is 9.53 Å². The number of hydrogen-bond donors (Lipinski definition) is 0. The van der Waals surface area contributed by atoms with Crippen LogP contribution in [0.1, 0.15) is 42.0 Å². The van der Waals surface area contributed by atoms with E-state index in [-0.39, 0.29) is 11.2 Å². The topological polar surface area (TPSA) is 54.3 Å². The molecule has 5 nitrogen and oxygen atoms in total. The Labute approximate surface area is 176 Å². The Morgan fingerprint density at radius 2 is 1.93 bits per heavy atom. The molecule has 1 atom stereocenters. The number of hydrogen-bond acceptors (Lipinski definition) is 5. The molecule has 1 unspecified atom stereocenters. The van der Waals surface area contributed by atoms with E-state index in [1.54, 1.807) is 18.2 Å². The van der Waals surface area contributed by atoms with E-state index in [4.69, 9.17) is 4.74 Å². The van der Waals surface area contributed by atoms with Crippen LogP contribution in [0.3, 0.4) is 0 Å². The second-order valence-electron chi connectivity index (χ2n) is 7.15. The van der Waals surface area contributed by atoms with Crippen molar-refractivity contribution in [3.63, 3.8) is 0 Å². The minimum Gasteiger partial charge on any atom is -0.497 e. The van der Waals surface area contributed by atoms with Crippen LogP contribution >= 0.6 is 11.8 Å². The smallest absolute Gasteiger partial charge is 0.242 e. The van der Waals surface area contributed by atoms with Gasteiger partial charge in [0.25, 0.3) is 0 Å². The SMILES string of the molecule is CCCC1SC(=NN=Cc2ccc(C)cc2C)N(Cc2ccc(OC)cc2)C1=O. The summed E-state index contributed by atoms with van der Waals surface area (Å²) < 4.78 is 5.22. The van der Waals surface area contributed by atoms with E-state index in [9.17, 15) is 4.79 Å². The molecule has 1 aliphatic rings. The van der Waals surface area contributed by atoms with Crippen molar-refractivity contribution in [2.45, 2.75) is 45.4 Å². The van der Waals surface area contributed by atoms with Gasteiger partial charge in [-0.25, -0.2) is 0 Å². The quantitative estimate of drug-likeness (QED) is 0.480. The average molecular weight is 410 g/mol. The van der Waals surface area contributed by atoms with Crippen LogP contribution in [-0.2, 0) is 11.3 Å². The molecule has 1 amide bonds. The summed E-state index contributed by atoms with van der Waals surface area (Å²) in [5.74, 6) is 0.903. The second-order valence-corrected chi connectivity index (χ2v) is 8.32. The monoisotopic (exact) mass is 409 g/mol. The van der Waals surface area contributed by atoms with E-state index >= 15 is 0 Å². The molecule has 0 radical (unpaired) electrons. The van der Waals surface area contributed by atoms with E-state index in [0.29, 0.717) is 11.7 Å². The molecule has 0 aliphatic carbocycles. The van der Waals surface area contributed by atoms with Crippen molar-refractivity contribution in [1.82, 2.24) is 4.90 Å². The first-order chi connectivity index (χ1) is 14.0. The summed E-state index contributed by atoms with van der Waals surface area (Å²) in [5, 5.41) is 9.26. The maximum absolute atomic E-state index is 12.9. The van der Waals surface area contributed by atoms with Crippen LogP contribution in [0.2, 0.25) is 0 Å². The molecule has 1 saturated heterocycles. The number of benzene rings is 2. The Balaban J connectivity index is 1.81. The van der Waals surface area contributed by atoms with Gasteiger partial charge in [-0.2, -0.15) is 5.10 Å². The zero-order valence-electron chi connectivity index (χ0n) is 17.4. The maximum atomic E-state index is 12.9. The molecule has 152 valence electrons. The van der Waals surface area contributed by atoms with E-state index in [1.165, 1.54) is 17.3 Å². The van der Waals surface area contributed by atoms with Gasteiger partial charge in [-0.1, -0.05) is 61.0 Å². The average Bonchev–Trinajstić information content (AvgIpc) is 2.99. The van der Waals surface area contributed by atoms with Gasteiger partial charge in [0.05, 0.1) is 25.1 Å². The highest BCUT2D eigenvalue weighted by molar-refractivity contribution is 8.15. The number of amides is 1. The first kappa shape index (κ1) is 21.1. The van der Waals surface area contributed by atoms with Crippen molar-refractivity contribution >= 4 is 29.1 Å². The molecule has 0 N–H and O–H groups in total. The summed E-state index contributed by atoms with van der Waals surface area (Å²) in [4.78, 5) is 14.6. The number of thioether (sulfide) groups is 1. The Bertz CT molecular complexity index is 922. The van der Waals surface area contributed by atoms with Crippen LogP contribution in [-0.4, -0.2) is 34.5 Å². The van der Waals surface area contributed by atoms with Crippen LogP contribution in [0.5, 0.6) is 5.75 Å². The second kappa shape index (κ2) is 9.74. The van der Waals surface area contributed by atoms with Crippen LogP contribution in [0.4, 0.5) is 0 Å². The zero-order valence-corrected chi connectivity index (χ0v) is 18.2. The van der Waals surface area contributed by atoms with Crippen molar-refractivity contribution in [2.75, 3.05) is 7.11 Å². The van der Waals surface area contributed by atoms with Gasteiger partial charge in [0.2, 0.25) is 5.91 Å². The Morgan fingerprint density at radius 3 is 2.59 bits per heavy atom. The molecule has 1 fully saturated rings. The predicted molar refractivity (Wildman–Crippen MR) is 121 cm³/mol. The van der Waals surface area contributed by atoms with Gasteiger partial charge in [-0.3, -0.25) is 9.69 Å². The lowest BCUT2D eigenvalue weighted by molar-refractivity contribution is -0.126. The molecule has 6 heteroatoms. The summed E-state index contributed by atoms with van der Waals surface area (Å²) in [7, 11) is 1.64. The Kier molecular flexibility index (Phi) is 7.09. The first-order valence-corrected chi connectivity index (χ1v) is 10.7. The number of rotatable bonds is 7. The molecular formula is C23H27N3O2S. The fourth-order valence-corrected chi connectivity index (χ4v) is 4.41. The lowest BCUT2D eigenvalue weighted by Crippen LogP contribution is -2.31. The number of nitrogens with zero attached hydrogens (tertiary/aromatic N) is 3. The lowest BCUT2D eigenvalue weighted by Gasteiger charge is -2.16. The van der Waals surface area contributed by atoms with Crippen LogP contribution < -0.4 is 4.74 Å². The summed E-state index contributed by atoms with van der Waals surface area (Å²) in [6.45, 7) is 6.70. The van der Waals surface area contributed by atoms with Crippen molar-refractivity contribution in [3.05, 3.63) is 64.7 Å². The molecule has 2 aromatic carbocycles. The summed E-state index contributed by atoms with van der Waals surface area (Å²) >= 11 is 1.51. The zero-order chi connectivity index (χ0) is 20.8. The van der Waals surface area contributed by atoms with E-state index < -0.39 is 0 Å². The van der Waals surface area contributed by atoms with Crippen LogP contribution in [0, 0.1) is 13.8 Å². The number of methoxy groups -OCH3 is 1. The third kappa shape index (κ3) is 5.26. The Hall–Kier alpha value is -2.60. The summed E-state index contributed by atoms with van der Waals surface area (Å²) in [5.41, 5.74) is 4.43. The van der Waals surface area contributed by atoms with Gasteiger partial charge >= 0.3 is 0 Å². The molecule has 0 bridgehead atoms. The van der Waals surface area contributed by atoms with Gasteiger partial charge in [0.15, 0.2) is 5.17 Å². The van der Waals surface area contributed by atoms with Crippen molar-refractivity contribution in [2.24, 2.45) is 10.2 Å². The maximum Gasteiger partial charge on any atom is 0.242 e. The predicted octanol–water partition coefficient (Wildman–Crippen LogP) is 4.95. The number of amidine groups is 1. The molecule has 1 heterocycles. The molecule has 0 saturated carbocycles.